The number of nitrogens with zero attached hydrogens (tertiary/aromatic N) is 1. The zero-order chi connectivity index (χ0) is 20.1. The van der Waals surface area contributed by atoms with Gasteiger partial charge in [0.05, 0.1) is 24.1 Å². The van der Waals surface area contributed by atoms with E-state index in [9.17, 15) is 13.2 Å². The predicted octanol–water partition coefficient (Wildman–Crippen LogP) is 2.90. The van der Waals surface area contributed by atoms with Crippen molar-refractivity contribution in [3.05, 3.63) is 59.7 Å². The molecular formula is C21H26N2O4S. The Morgan fingerprint density at radius 2 is 1.89 bits per heavy atom. The minimum Gasteiger partial charge on any atom is -0.494 e. The molecule has 0 fully saturated rings. The number of carbonyl (C=O) groups excluding carboxylic acids is 1. The van der Waals surface area contributed by atoms with Gasteiger partial charge in [0.15, 0.2) is 0 Å². The Bertz CT molecular complexity index is 926. The van der Waals surface area contributed by atoms with E-state index in [1.54, 1.807) is 12.1 Å². The van der Waals surface area contributed by atoms with Crippen molar-refractivity contribution in [3.8, 4) is 5.75 Å². The summed E-state index contributed by atoms with van der Waals surface area (Å²) < 4.78 is 31.9. The molecule has 1 unspecified atom stereocenters. The van der Waals surface area contributed by atoms with Gasteiger partial charge < -0.3 is 10.1 Å². The van der Waals surface area contributed by atoms with E-state index >= 15 is 0 Å². The lowest BCUT2D eigenvalue weighted by Crippen LogP contribution is -2.40. The molecule has 1 amide bonds. The number of ether oxygens (including phenoxy) is 1. The number of rotatable bonds is 7. The van der Waals surface area contributed by atoms with Crippen LogP contribution < -0.4 is 10.1 Å². The topological polar surface area (TPSA) is 75.7 Å². The van der Waals surface area contributed by atoms with E-state index in [0.717, 1.165) is 29.1 Å². The molecule has 1 aliphatic carbocycles. The first-order valence-corrected chi connectivity index (χ1v) is 10.9. The molecule has 1 atom stereocenters. The van der Waals surface area contributed by atoms with Crippen molar-refractivity contribution < 1.29 is 17.9 Å². The van der Waals surface area contributed by atoms with Crippen LogP contribution in [0.1, 0.15) is 36.9 Å². The molecule has 0 radical (unpaired) electrons. The normalized spacial score (nSPS) is 16.5. The van der Waals surface area contributed by atoms with E-state index in [1.165, 1.54) is 24.7 Å². The highest BCUT2D eigenvalue weighted by molar-refractivity contribution is 7.89. The van der Waals surface area contributed by atoms with Crippen molar-refractivity contribution in [3.63, 3.8) is 0 Å². The van der Waals surface area contributed by atoms with E-state index in [4.69, 9.17) is 4.74 Å². The molecule has 0 bridgehead atoms. The summed E-state index contributed by atoms with van der Waals surface area (Å²) in [5.74, 6) is 0.302. The third kappa shape index (κ3) is 4.54. The summed E-state index contributed by atoms with van der Waals surface area (Å²) in [6.45, 7) is 2.15. The van der Waals surface area contributed by atoms with Gasteiger partial charge in [0.2, 0.25) is 15.9 Å². The number of amides is 1. The van der Waals surface area contributed by atoms with Gasteiger partial charge in [-0.05, 0) is 61.6 Å². The molecule has 3 rings (SSSR count). The molecule has 0 heterocycles. The summed E-state index contributed by atoms with van der Waals surface area (Å²) in [4.78, 5) is 12.6. The molecule has 6 nitrogen and oxygen atoms in total. The van der Waals surface area contributed by atoms with Crippen molar-refractivity contribution in [2.75, 3.05) is 20.2 Å². The first-order valence-electron chi connectivity index (χ1n) is 9.48. The van der Waals surface area contributed by atoms with Crippen LogP contribution in [0.3, 0.4) is 0 Å². The highest BCUT2D eigenvalue weighted by Crippen LogP contribution is 2.29. The molecule has 0 spiro atoms. The molecule has 2 aromatic carbocycles. The molecule has 2 aromatic rings. The number of likely N-dealkylation sites (N-methyl/N-ethyl adjacent to an activating group) is 1. The first kappa shape index (κ1) is 20.4. The standard InChI is InChI=1S/C21H26N2O4S/c1-3-27-17-11-13-18(14-12-17)28(25,26)23(2)15-21(24)22-20-10-6-8-16-7-4-5-9-19(16)20/h4-5,7,9,11-14,20H,3,6,8,10,15H2,1-2H3,(H,22,24). The SMILES string of the molecule is CCOc1ccc(S(=O)(=O)N(C)CC(=O)NC2CCCc3ccccc32)cc1. The Morgan fingerprint density at radius 3 is 2.61 bits per heavy atom. The zero-order valence-electron chi connectivity index (χ0n) is 16.2. The molecule has 1 aliphatic rings. The van der Waals surface area contributed by atoms with E-state index in [0.29, 0.717) is 12.4 Å². The maximum Gasteiger partial charge on any atom is 0.243 e. The highest BCUT2D eigenvalue weighted by Gasteiger charge is 2.26. The van der Waals surface area contributed by atoms with Crippen molar-refractivity contribution >= 4 is 15.9 Å². The second kappa shape index (κ2) is 8.75. The Kier molecular flexibility index (Phi) is 6.36. The molecule has 1 N–H and O–H groups in total. The summed E-state index contributed by atoms with van der Waals surface area (Å²) in [6.07, 6.45) is 2.87. The van der Waals surface area contributed by atoms with Crippen LogP contribution in [-0.4, -0.2) is 38.8 Å². The van der Waals surface area contributed by atoms with Gasteiger partial charge in [-0.25, -0.2) is 8.42 Å². The second-order valence-electron chi connectivity index (χ2n) is 6.88. The van der Waals surface area contributed by atoms with Gasteiger partial charge in [0.1, 0.15) is 5.75 Å². The fraction of sp³-hybridized carbons (Fsp3) is 0.381. The molecular weight excluding hydrogens is 376 g/mol. The summed E-state index contributed by atoms with van der Waals surface area (Å²) in [5, 5.41) is 2.99. The number of carbonyl (C=O) groups is 1. The van der Waals surface area contributed by atoms with Gasteiger partial charge >= 0.3 is 0 Å². The maximum atomic E-state index is 12.7. The van der Waals surface area contributed by atoms with E-state index in [1.807, 2.05) is 25.1 Å². The first-order chi connectivity index (χ1) is 13.4. The van der Waals surface area contributed by atoms with Crippen LogP contribution in [0.25, 0.3) is 0 Å². The lowest BCUT2D eigenvalue weighted by atomic mass is 9.88. The van der Waals surface area contributed by atoms with Gasteiger partial charge in [0, 0.05) is 7.05 Å². The lowest BCUT2D eigenvalue weighted by molar-refractivity contribution is -0.122. The lowest BCUT2D eigenvalue weighted by Gasteiger charge is -2.27. The van der Waals surface area contributed by atoms with Gasteiger partial charge in [-0.3, -0.25) is 4.79 Å². The highest BCUT2D eigenvalue weighted by atomic mass is 32.2. The van der Waals surface area contributed by atoms with E-state index in [2.05, 4.69) is 11.4 Å². The predicted molar refractivity (Wildman–Crippen MR) is 108 cm³/mol. The quantitative estimate of drug-likeness (QED) is 0.773. The third-order valence-electron chi connectivity index (χ3n) is 4.91. The summed E-state index contributed by atoms with van der Waals surface area (Å²) in [7, 11) is -2.33. The number of hydrogen-bond donors (Lipinski definition) is 1. The molecule has 0 aliphatic heterocycles. The molecule has 7 heteroatoms. The Labute approximate surface area is 166 Å². The monoisotopic (exact) mass is 402 g/mol. The van der Waals surface area contributed by atoms with Crippen LogP contribution in [0.4, 0.5) is 0 Å². The van der Waals surface area contributed by atoms with Crippen LogP contribution in [0.15, 0.2) is 53.4 Å². The molecule has 150 valence electrons. The maximum absolute atomic E-state index is 12.7. The van der Waals surface area contributed by atoms with Gasteiger partial charge in [0.25, 0.3) is 0 Å². The Morgan fingerprint density at radius 1 is 1.18 bits per heavy atom. The van der Waals surface area contributed by atoms with Gasteiger partial charge in [-0.2, -0.15) is 4.31 Å². The van der Waals surface area contributed by atoms with Crippen LogP contribution in [0, 0.1) is 0 Å². The summed E-state index contributed by atoms with van der Waals surface area (Å²) in [6, 6.07) is 14.2. The minimum atomic E-state index is -3.75. The number of nitrogens with one attached hydrogen (secondary N) is 1. The largest absolute Gasteiger partial charge is 0.494 e. The van der Waals surface area contributed by atoms with Crippen molar-refractivity contribution in [2.45, 2.75) is 37.1 Å². The molecule has 0 aromatic heterocycles. The Hall–Kier alpha value is -2.38. The summed E-state index contributed by atoms with van der Waals surface area (Å²) in [5.41, 5.74) is 2.37. The molecule has 0 saturated heterocycles. The van der Waals surface area contributed by atoms with Crippen LogP contribution in [0.5, 0.6) is 5.75 Å². The number of aryl methyl sites for hydroxylation is 1. The summed E-state index contributed by atoms with van der Waals surface area (Å²) >= 11 is 0. The average molecular weight is 403 g/mol. The van der Waals surface area contributed by atoms with Crippen LogP contribution >= 0.6 is 0 Å². The minimum absolute atomic E-state index is 0.0703. The smallest absolute Gasteiger partial charge is 0.243 e. The molecule has 28 heavy (non-hydrogen) atoms. The third-order valence-corrected chi connectivity index (χ3v) is 6.73. The number of hydrogen-bond acceptors (Lipinski definition) is 4. The zero-order valence-corrected chi connectivity index (χ0v) is 17.0. The number of sulfonamides is 1. The fourth-order valence-electron chi connectivity index (χ4n) is 3.49. The number of benzene rings is 2. The fourth-order valence-corrected chi connectivity index (χ4v) is 4.61. The van der Waals surface area contributed by atoms with Crippen molar-refractivity contribution in [1.82, 2.24) is 9.62 Å². The number of fused-ring (bicyclic) bond motifs is 1. The van der Waals surface area contributed by atoms with Crippen molar-refractivity contribution in [2.24, 2.45) is 0 Å². The van der Waals surface area contributed by atoms with E-state index < -0.39 is 10.0 Å². The van der Waals surface area contributed by atoms with Crippen LogP contribution in [-0.2, 0) is 21.2 Å². The second-order valence-corrected chi connectivity index (χ2v) is 8.92. The van der Waals surface area contributed by atoms with Crippen molar-refractivity contribution in [1.29, 1.82) is 0 Å². The molecule has 0 saturated carbocycles. The Balaban J connectivity index is 1.65. The van der Waals surface area contributed by atoms with Crippen LogP contribution in [0.2, 0.25) is 0 Å². The van der Waals surface area contributed by atoms with E-state index in [-0.39, 0.29) is 23.4 Å². The van der Waals surface area contributed by atoms with Gasteiger partial charge in [-0.1, -0.05) is 24.3 Å². The average Bonchev–Trinajstić information content (AvgIpc) is 2.69. The van der Waals surface area contributed by atoms with Gasteiger partial charge in [-0.15, -0.1) is 0 Å².